The van der Waals surface area contributed by atoms with Crippen molar-refractivity contribution >= 4 is 11.6 Å². The van der Waals surface area contributed by atoms with E-state index in [4.69, 9.17) is 21.1 Å². The smallest absolute Gasteiger partial charge is 0.119 e. The number of halogens is 1. The summed E-state index contributed by atoms with van der Waals surface area (Å²) in [6.45, 7) is 3.70. The van der Waals surface area contributed by atoms with Crippen LogP contribution in [0.4, 0.5) is 0 Å². The molecule has 0 saturated carbocycles. The number of hydrogen-bond acceptors (Lipinski definition) is 3. The third kappa shape index (κ3) is 5.81. The van der Waals surface area contributed by atoms with Crippen molar-refractivity contribution in [2.45, 2.75) is 31.8 Å². The highest BCUT2D eigenvalue weighted by atomic mass is 35.5. The summed E-state index contributed by atoms with van der Waals surface area (Å²) < 4.78 is 11.2. The summed E-state index contributed by atoms with van der Waals surface area (Å²) in [7, 11) is 0. The van der Waals surface area contributed by atoms with E-state index in [0.717, 1.165) is 49.9 Å². The molecule has 1 aliphatic heterocycles. The van der Waals surface area contributed by atoms with Gasteiger partial charge < -0.3 is 14.8 Å². The zero-order valence-corrected chi connectivity index (χ0v) is 12.0. The first-order valence-electron chi connectivity index (χ1n) is 7.05. The van der Waals surface area contributed by atoms with Gasteiger partial charge in [-0.15, -0.1) is 0 Å². The largest absolute Gasteiger partial charge is 0.494 e. The molecule has 1 aromatic carbocycles. The highest BCUT2D eigenvalue weighted by Crippen LogP contribution is 2.15. The molecule has 0 spiro atoms. The quantitative estimate of drug-likeness (QED) is 0.743. The Bertz CT molecular complexity index is 350. The van der Waals surface area contributed by atoms with Gasteiger partial charge in [-0.2, -0.15) is 0 Å². The fourth-order valence-electron chi connectivity index (χ4n) is 2.14. The molecule has 4 heteroatoms. The maximum Gasteiger partial charge on any atom is 0.119 e. The first-order valence-corrected chi connectivity index (χ1v) is 7.43. The molecule has 19 heavy (non-hydrogen) atoms. The Morgan fingerprint density at radius 2 is 2.11 bits per heavy atom. The summed E-state index contributed by atoms with van der Waals surface area (Å²) in [5.74, 6) is 0.886. The molecule has 0 bridgehead atoms. The van der Waals surface area contributed by atoms with Crippen LogP contribution in [-0.2, 0) is 4.74 Å². The Labute approximate surface area is 120 Å². The molecule has 1 aromatic rings. The Morgan fingerprint density at radius 3 is 2.84 bits per heavy atom. The molecular weight excluding hydrogens is 262 g/mol. The van der Waals surface area contributed by atoms with Crippen molar-refractivity contribution < 1.29 is 9.47 Å². The van der Waals surface area contributed by atoms with E-state index in [1.165, 1.54) is 12.8 Å². The van der Waals surface area contributed by atoms with Crippen LogP contribution < -0.4 is 10.1 Å². The zero-order valence-electron chi connectivity index (χ0n) is 11.2. The van der Waals surface area contributed by atoms with Gasteiger partial charge in [-0.1, -0.05) is 11.6 Å². The summed E-state index contributed by atoms with van der Waals surface area (Å²) in [5, 5.41) is 4.18. The molecule has 1 heterocycles. The Hall–Kier alpha value is -0.770. The van der Waals surface area contributed by atoms with E-state index in [2.05, 4.69) is 5.32 Å². The molecule has 0 amide bonds. The Kier molecular flexibility index (Phi) is 6.48. The molecule has 1 aliphatic rings. The van der Waals surface area contributed by atoms with Gasteiger partial charge in [0.1, 0.15) is 5.75 Å². The predicted octanol–water partition coefficient (Wildman–Crippen LogP) is 3.27. The normalized spacial score (nSPS) is 18.7. The van der Waals surface area contributed by atoms with Crippen molar-refractivity contribution in [1.29, 1.82) is 0 Å². The van der Waals surface area contributed by atoms with Crippen LogP contribution in [0.15, 0.2) is 24.3 Å². The topological polar surface area (TPSA) is 30.5 Å². The van der Waals surface area contributed by atoms with E-state index < -0.39 is 0 Å². The van der Waals surface area contributed by atoms with Crippen molar-refractivity contribution in [2.24, 2.45) is 0 Å². The van der Waals surface area contributed by atoms with Gasteiger partial charge in [0, 0.05) is 18.2 Å². The lowest BCUT2D eigenvalue weighted by molar-refractivity contribution is 0.110. The number of benzene rings is 1. The summed E-state index contributed by atoms with van der Waals surface area (Å²) >= 11 is 5.81. The van der Waals surface area contributed by atoms with E-state index in [1.54, 1.807) is 0 Å². The predicted molar refractivity (Wildman–Crippen MR) is 78.0 cm³/mol. The molecule has 106 valence electrons. The molecule has 1 unspecified atom stereocenters. The van der Waals surface area contributed by atoms with Gasteiger partial charge in [0.15, 0.2) is 0 Å². The van der Waals surface area contributed by atoms with Crippen molar-refractivity contribution in [3.63, 3.8) is 0 Å². The van der Waals surface area contributed by atoms with E-state index >= 15 is 0 Å². The number of nitrogens with one attached hydrogen (secondary N) is 1. The second-order valence-electron chi connectivity index (χ2n) is 4.85. The standard InChI is InChI=1S/C15H22ClNO2/c16-13-5-7-14(8-6-13)18-10-2-1-9-17-12-15-4-3-11-19-15/h5-8,15,17H,1-4,9-12H2. The number of unbranched alkanes of at least 4 members (excludes halogenated alkanes) is 1. The molecule has 2 rings (SSSR count). The number of ether oxygens (including phenoxy) is 2. The number of hydrogen-bond donors (Lipinski definition) is 1. The first-order chi connectivity index (χ1) is 9.34. The maximum absolute atomic E-state index is 5.81. The minimum Gasteiger partial charge on any atom is -0.494 e. The van der Waals surface area contributed by atoms with Gasteiger partial charge in [-0.05, 0) is 56.5 Å². The first kappa shape index (κ1) is 14.6. The average Bonchev–Trinajstić information content (AvgIpc) is 2.93. The van der Waals surface area contributed by atoms with Crippen LogP contribution in [0.3, 0.4) is 0 Å². The van der Waals surface area contributed by atoms with Crippen LogP contribution in [0.5, 0.6) is 5.75 Å². The average molecular weight is 284 g/mol. The summed E-state index contributed by atoms with van der Waals surface area (Å²) in [6, 6.07) is 7.50. The minimum absolute atomic E-state index is 0.435. The van der Waals surface area contributed by atoms with Gasteiger partial charge in [-0.3, -0.25) is 0 Å². The summed E-state index contributed by atoms with van der Waals surface area (Å²) in [6.07, 6.45) is 5.03. The highest BCUT2D eigenvalue weighted by molar-refractivity contribution is 6.30. The fraction of sp³-hybridized carbons (Fsp3) is 0.600. The van der Waals surface area contributed by atoms with E-state index in [9.17, 15) is 0 Å². The molecule has 0 aromatic heterocycles. The molecule has 1 atom stereocenters. The summed E-state index contributed by atoms with van der Waals surface area (Å²) in [5.41, 5.74) is 0. The van der Waals surface area contributed by atoms with Gasteiger partial charge in [0.25, 0.3) is 0 Å². The Balaban J connectivity index is 1.44. The van der Waals surface area contributed by atoms with E-state index in [1.807, 2.05) is 24.3 Å². The van der Waals surface area contributed by atoms with Crippen molar-refractivity contribution in [3.05, 3.63) is 29.3 Å². The van der Waals surface area contributed by atoms with Gasteiger partial charge in [-0.25, -0.2) is 0 Å². The maximum atomic E-state index is 5.81. The lowest BCUT2D eigenvalue weighted by Gasteiger charge is -2.10. The van der Waals surface area contributed by atoms with Gasteiger partial charge in [0.2, 0.25) is 0 Å². The molecule has 0 aliphatic carbocycles. The van der Waals surface area contributed by atoms with Crippen LogP contribution in [0.2, 0.25) is 5.02 Å². The van der Waals surface area contributed by atoms with Crippen molar-refractivity contribution in [1.82, 2.24) is 5.32 Å². The zero-order chi connectivity index (χ0) is 13.3. The van der Waals surface area contributed by atoms with Gasteiger partial charge in [0.05, 0.1) is 12.7 Å². The fourth-order valence-corrected chi connectivity index (χ4v) is 2.27. The van der Waals surface area contributed by atoms with Gasteiger partial charge >= 0.3 is 0 Å². The van der Waals surface area contributed by atoms with Crippen LogP contribution in [-0.4, -0.2) is 32.4 Å². The Morgan fingerprint density at radius 1 is 1.26 bits per heavy atom. The lowest BCUT2D eigenvalue weighted by atomic mass is 10.2. The third-order valence-corrected chi connectivity index (χ3v) is 3.48. The highest BCUT2D eigenvalue weighted by Gasteiger charge is 2.13. The monoisotopic (exact) mass is 283 g/mol. The molecule has 0 radical (unpaired) electrons. The van der Waals surface area contributed by atoms with E-state index in [0.29, 0.717) is 6.10 Å². The SMILES string of the molecule is Clc1ccc(OCCCCNCC2CCCO2)cc1. The van der Waals surface area contributed by atoms with Crippen LogP contribution >= 0.6 is 11.6 Å². The second kappa shape index (κ2) is 8.41. The molecule has 1 saturated heterocycles. The summed E-state index contributed by atoms with van der Waals surface area (Å²) in [4.78, 5) is 0. The minimum atomic E-state index is 0.435. The second-order valence-corrected chi connectivity index (χ2v) is 5.29. The molecule has 1 N–H and O–H groups in total. The molecular formula is C15H22ClNO2. The van der Waals surface area contributed by atoms with Crippen molar-refractivity contribution in [2.75, 3.05) is 26.3 Å². The molecule has 1 fully saturated rings. The molecule has 3 nitrogen and oxygen atoms in total. The third-order valence-electron chi connectivity index (χ3n) is 3.23. The van der Waals surface area contributed by atoms with Crippen molar-refractivity contribution in [3.8, 4) is 5.75 Å². The lowest BCUT2D eigenvalue weighted by Crippen LogP contribution is -2.27. The van der Waals surface area contributed by atoms with Crippen LogP contribution in [0, 0.1) is 0 Å². The van der Waals surface area contributed by atoms with Crippen LogP contribution in [0.1, 0.15) is 25.7 Å². The number of rotatable bonds is 8. The van der Waals surface area contributed by atoms with E-state index in [-0.39, 0.29) is 0 Å². The van der Waals surface area contributed by atoms with Crippen LogP contribution in [0.25, 0.3) is 0 Å².